The van der Waals surface area contributed by atoms with E-state index in [1.807, 2.05) is 4.90 Å². The number of nitrogens with zero attached hydrogens (tertiary/aromatic N) is 1. The normalized spacial score (nSPS) is 16.9. The van der Waals surface area contributed by atoms with Gasteiger partial charge < -0.3 is 20.1 Å². The van der Waals surface area contributed by atoms with E-state index in [9.17, 15) is 4.79 Å². The van der Waals surface area contributed by atoms with Crippen molar-refractivity contribution in [2.24, 2.45) is 0 Å². The molecule has 0 saturated carbocycles. The first-order chi connectivity index (χ1) is 8.34. The van der Waals surface area contributed by atoms with Crippen LogP contribution in [0.15, 0.2) is 0 Å². The number of aliphatic hydroxyl groups excluding tert-OH is 1. The van der Waals surface area contributed by atoms with Gasteiger partial charge in [0.25, 0.3) is 0 Å². The molecule has 1 rings (SSSR count). The maximum absolute atomic E-state index is 11.8. The topological polar surface area (TPSA) is 61.8 Å². The Kier molecular flexibility index (Phi) is 7.96. The van der Waals surface area contributed by atoms with E-state index in [4.69, 9.17) is 9.84 Å². The Morgan fingerprint density at radius 2 is 1.88 bits per heavy atom. The zero-order valence-electron chi connectivity index (χ0n) is 10.5. The summed E-state index contributed by atoms with van der Waals surface area (Å²) in [6.07, 6.45) is 4.75. The smallest absolute Gasteiger partial charge is 0.236 e. The van der Waals surface area contributed by atoms with Crippen LogP contribution in [-0.4, -0.2) is 61.9 Å². The summed E-state index contributed by atoms with van der Waals surface area (Å²) in [6, 6.07) is 0. The average Bonchev–Trinajstić information content (AvgIpc) is 2.62. The fraction of sp³-hybridized carbons (Fsp3) is 0.917. The predicted octanol–water partition coefficient (Wildman–Crippen LogP) is -0.0125. The van der Waals surface area contributed by atoms with Gasteiger partial charge in [-0.1, -0.05) is 12.8 Å². The Balaban J connectivity index is 2.03. The van der Waals surface area contributed by atoms with Gasteiger partial charge in [0.2, 0.25) is 5.91 Å². The van der Waals surface area contributed by atoms with Crippen molar-refractivity contribution in [3.05, 3.63) is 0 Å². The van der Waals surface area contributed by atoms with Crippen molar-refractivity contribution < 1.29 is 14.6 Å². The average molecular weight is 244 g/mol. The van der Waals surface area contributed by atoms with Crippen LogP contribution in [0.3, 0.4) is 0 Å². The molecule has 1 aliphatic heterocycles. The molecule has 0 unspecified atom stereocenters. The molecule has 100 valence electrons. The van der Waals surface area contributed by atoms with Crippen LogP contribution in [-0.2, 0) is 9.53 Å². The third-order valence-electron chi connectivity index (χ3n) is 2.89. The second kappa shape index (κ2) is 9.39. The molecule has 5 heteroatoms. The molecular weight excluding hydrogens is 220 g/mol. The van der Waals surface area contributed by atoms with Crippen molar-refractivity contribution in [2.75, 3.05) is 46.0 Å². The number of carbonyl (C=O) groups is 1. The molecule has 1 heterocycles. The van der Waals surface area contributed by atoms with Gasteiger partial charge in [0.05, 0.1) is 26.4 Å². The number of nitrogens with one attached hydrogen (secondary N) is 1. The lowest BCUT2D eigenvalue weighted by Gasteiger charge is -2.20. The zero-order chi connectivity index (χ0) is 12.3. The van der Waals surface area contributed by atoms with Crippen molar-refractivity contribution >= 4 is 5.91 Å². The van der Waals surface area contributed by atoms with Gasteiger partial charge >= 0.3 is 0 Å². The fourth-order valence-corrected chi connectivity index (χ4v) is 1.94. The lowest BCUT2D eigenvalue weighted by atomic mass is 10.2. The van der Waals surface area contributed by atoms with E-state index in [-0.39, 0.29) is 12.5 Å². The van der Waals surface area contributed by atoms with Crippen molar-refractivity contribution in [1.82, 2.24) is 10.2 Å². The van der Waals surface area contributed by atoms with Gasteiger partial charge in [-0.25, -0.2) is 0 Å². The van der Waals surface area contributed by atoms with Crippen LogP contribution in [0.4, 0.5) is 0 Å². The van der Waals surface area contributed by atoms with E-state index < -0.39 is 0 Å². The van der Waals surface area contributed by atoms with Gasteiger partial charge in [0.1, 0.15) is 0 Å². The number of ether oxygens (including phenoxy) is 1. The molecule has 0 atom stereocenters. The molecule has 0 spiro atoms. The monoisotopic (exact) mass is 244 g/mol. The second-order valence-electron chi connectivity index (χ2n) is 4.31. The lowest BCUT2D eigenvalue weighted by molar-refractivity contribution is -0.130. The molecular formula is C12H24N2O3. The van der Waals surface area contributed by atoms with E-state index in [1.54, 1.807) is 0 Å². The molecule has 0 aromatic rings. The standard InChI is InChI=1S/C12H24N2O3/c15-8-10-17-9-5-13-11-12(16)14-6-3-1-2-4-7-14/h13,15H,1-11H2. The third kappa shape index (κ3) is 6.61. The van der Waals surface area contributed by atoms with Crippen LogP contribution in [0, 0.1) is 0 Å². The molecule has 0 bridgehead atoms. The number of carbonyl (C=O) groups excluding carboxylic acids is 1. The number of hydrogen-bond acceptors (Lipinski definition) is 4. The number of rotatable bonds is 7. The van der Waals surface area contributed by atoms with E-state index in [2.05, 4.69) is 5.32 Å². The minimum atomic E-state index is 0.0483. The largest absolute Gasteiger partial charge is 0.394 e. The van der Waals surface area contributed by atoms with Crippen LogP contribution in [0.25, 0.3) is 0 Å². The van der Waals surface area contributed by atoms with Crippen LogP contribution in [0.1, 0.15) is 25.7 Å². The Morgan fingerprint density at radius 1 is 1.18 bits per heavy atom. The van der Waals surface area contributed by atoms with Gasteiger partial charge in [-0.3, -0.25) is 4.79 Å². The van der Waals surface area contributed by atoms with Crippen LogP contribution in [0.2, 0.25) is 0 Å². The molecule has 1 amide bonds. The summed E-state index contributed by atoms with van der Waals surface area (Å²) in [7, 11) is 0. The molecule has 0 radical (unpaired) electrons. The van der Waals surface area contributed by atoms with Gasteiger partial charge in [0.15, 0.2) is 0 Å². The fourth-order valence-electron chi connectivity index (χ4n) is 1.94. The molecule has 5 nitrogen and oxygen atoms in total. The Morgan fingerprint density at radius 3 is 2.53 bits per heavy atom. The van der Waals surface area contributed by atoms with Crippen molar-refractivity contribution in [1.29, 1.82) is 0 Å². The molecule has 1 fully saturated rings. The number of aliphatic hydroxyl groups is 1. The quantitative estimate of drug-likeness (QED) is 0.618. The Bertz CT molecular complexity index is 204. The van der Waals surface area contributed by atoms with Crippen LogP contribution >= 0.6 is 0 Å². The SMILES string of the molecule is O=C(CNCCOCCO)N1CCCCCC1. The summed E-state index contributed by atoms with van der Waals surface area (Å²) < 4.78 is 5.09. The number of hydrogen-bond donors (Lipinski definition) is 2. The third-order valence-corrected chi connectivity index (χ3v) is 2.89. The first-order valence-corrected chi connectivity index (χ1v) is 6.51. The highest BCUT2D eigenvalue weighted by Crippen LogP contribution is 2.09. The highest BCUT2D eigenvalue weighted by Gasteiger charge is 2.14. The minimum absolute atomic E-state index is 0.0483. The molecule has 0 aromatic heterocycles. The first kappa shape index (κ1) is 14.4. The molecule has 2 N–H and O–H groups in total. The summed E-state index contributed by atoms with van der Waals surface area (Å²) in [5.41, 5.74) is 0. The minimum Gasteiger partial charge on any atom is -0.394 e. The van der Waals surface area contributed by atoms with E-state index in [1.165, 1.54) is 12.8 Å². The second-order valence-corrected chi connectivity index (χ2v) is 4.31. The predicted molar refractivity (Wildman–Crippen MR) is 65.8 cm³/mol. The molecule has 17 heavy (non-hydrogen) atoms. The van der Waals surface area contributed by atoms with Crippen molar-refractivity contribution in [3.63, 3.8) is 0 Å². The van der Waals surface area contributed by atoms with Gasteiger partial charge in [-0.15, -0.1) is 0 Å². The van der Waals surface area contributed by atoms with Gasteiger partial charge in [0, 0.05) is 19.6 Å². The summed E-state index contributed by atoms with van der Waals surface area (Å²) in [4.78, 5) is 13.8. The van der Waals surface area contributed by atoms with Crippen LogP contribution in [0.5, 0.6) is 0 Å². The Labute approximate surface area is 103 Å². The van der Waals surface area contributed by atoms with Crippen molar-refractivity contribution in [2.45, 2.75) is 25.7 Å². The van der Waals surface area contributed by atoms with Crippen LogP contribution < -0.4 is 5.32 Å². The first-order valence-electron chi connectivity index (χ1n) is 6.51. The number of amides is 1. The molecule has 1 aliphatic rings. The van der Waals surface area contributed by atoms with E-state index in [0.29, 0.717) is 26.3 Å². The zero-order valence-corrected chi connectivity index (χ0v) is 10.5. The maximum Gasteiger partial charge on any atom is 0.236 e. The molecule has 0 aromatic carbocycles. The van der Waals surface area contributed by atoms with E-state index in [0.717, 1.165) is 25.9 Å². The summed E-state index contributed by atoms with van der Waals surface area (Å²) in [5.74, 6) is 0.189. The summed E-state index contributed by atoms with van der Waals surface area (Å²) in [5, 5.41) is 11.6. The lowest BCUT2D eigenvalue weighted by Crippen LogP contribution is -2.39. The number of likely N-dealkylation sites (tertiary alicyclic amines) is 1. The van der Waals surface area contributed by atoms with Crippen molar-refractivity contribution in [3.8, 4) is 0 Å². The van der Waals surface area contributed by atoms with Gasteiger partial charge in [-0.2, -0.15) is 0 Å². The van der Waals surface area contributed by atoms with Gasteiger partial charge in [-0.05, 0) is 12.8 Å². The highest BCUT2D eigenvalue weighted by atomic mass is 16.5. The molecule has 0 aliphatic carbocycles. The Hall–Kier alpha value is -0.650. The maximum atomic E-state index is 11.8. The summed E-state index contributed by atoms with van der Waals surface area (Å²) >= 11 is 0. The molecule has 1 saturated heterocycles. The summed E-state index contributed by atoms with van der Waals surface area (Å²) in [6.45, 7) is 3.80. The van der Waals surface area contributed by atoms with E-state index >= 15 is 0 Å². The highest BCUT2D eigenvalue weighted by molar-refractivity contribution is 5.78.